The van der Waals surface area contributed by atoms with Crippen molar-refractivity contribution < 1.29 is 0 Å². The van der Waals surface area contributed by atoms with Crippen molar-refractivity contribution in [1.82, 2.24) is 4.57 Å². The Bertz CT molecular complexity index is 4420. The van der Waals surface area contributed by atoms with Crippen molar-refractivity contribution in [1.29, 1.82) is 0 Å². The van der Waals surface area contributed by atoms with Gasteiger partial charge in [-0.1, -0.05) is 216 Å². The van der Waals surface area contributed by atoms with Gasteiger partial charge in [0.05, 0.1) is 16.7 Å². The van der Waals surface area contributed by atoms with Crippen LogP contribution in [0.1, 0.15) is 51.7 Å². The van der Waals surface area contributed by atoms with E-state index in [1.807, 2.05) is 11.3 Å². The topological polar surface area (TPSA) is 11.4 Å². The van der Waals surface area contributed by atoms with Crippen LogP contribution in [0, 0.1) is 0 Å². The highest BCUT2D eigenvalue weighted by Crippen LogP contribution is 2.53. The molecule has 11 aromatic carbocycles. The zero-order chi connectivity index (χ0) is 52.9. The van der Waals surface area contributed by atoms with Crippen molar-refractivity contribution in [3.05, 3.63) is 254 Å². The van der Waals surface area contributed by atoms with Crippen LogP contribution in [0.5, 0.6) is 0 Å². The van der Waals surface area contributed by atoms with Crippen molar-refractivity contribution in [3.8, 4) is 39.1 Å². The molecule has 0 saturated carbocycles. The average molecular weight is 1030 g/mol. The molecule has 378 valence electrons. The standard InChI is InChI=1S/C74H58BN3S/c1-5-6-23-52-43-71-60(59-32-18-21-37-70(59)79-71)47-66(52)77-67-46-54(76-63-35-19-16-30-57(63)58-31-17-20-36-64(58)76)39-40-61(67)75-62-42-51(48-24-10-7-11-25-48)38-41-65(62)78(69-45-53(74(2,3)4)44-68(77)72(69)75)73-55(49-26-12-8-13-27-49)33-22-34-56(73)50-28-14-9-15-29-50/h7-22,24-47H,5-6,23H2,1-4H3. The third-order valence-electron chi connectivity index (χ3n) is 16.9. The minimum absolute atomic E-state index is 0.110. The monoisotopic (exact) mass is 1030 g/mol. The summed E-state index contributed by atoms with van der Waals surface area (Å²) >= 11 is 1.92. The van der Waals surface area contributed by atoms with Crippen LogP contribution in [0.4, 0.5) is 34.1 Å². The van der Waals surface area contributed by atoms with Crippen molar-refractivity contribution in [2.24, 2.45) is 0 Å². The van der Waals surface area contributed by atoms with E-state index in [9.17, 15) is 0 Å². The Morgan fingerprint density at radius 1 is 0.418 bits per heavy atom. The molecule has 2 aliphatic heterocycles. The van der Waals surface area contributed by atoms with E-state index in [0.29, 0.717) is 0 Å². The van der Waals surface area contributed by atoms with Crippen molar-refractivity contribution in [2.45, 2.75) is 52.4 Å². The molecule has 79 heavy (non-hydrogen) atoms. The fraction of sp³-hybridized carbons (Fsp3) is 0.108. The highest BCUT2D eigenvalue weighted by Gasteiger charge is 2.45. The van der Waals surface area contributed by atoms with E-state index in [2.05, 4.69) is 285 Å². The molecule has 2 aliphatic rings. The molecule has 0 radical (unpaired) electrons. The smallest absolute Gasteiger partial charge is 0.252 e. The number of aromatic nitrogens is 1. The summed E-state index contributed by atoms with van der Waals surface area (Å²) in [6, 6.07) is 91.7. The third kappa shape index (κ3) is 7.62. The first kappa shape index (κ1) is 47.3. The Balaban J connectivity index is 1.11. The fourth-order valence-electron chi connectivity index (χ4n) is 13.1. The maximum Gasteiger partial charge on any atom is 0.252 e. The summed E-state index contributed by atoms with van der Waals surface area (Å²) in [6.07, 6.45) is 3.17. The van der Waals surface area contributed by atoms with Gasteiger partial charge in [-0.25, -0.2) is 0 Å². The van der Waals surface area contributed by atoms with Crippen molar-refractivity contribution in [2.75, 3.05) is 9.80 Å². The number of rotatable bonds is 9. The maximum absolute atomic E-state index is 2.72. The third-order valence-corrected chi connectivity index (χ3v) is 18.0. The van der Waals surface area contributed by atoms with E-state index in [1.54, 1.807) is 0 Å². The molecule has 15 rings (SSSR count). The molecular formula is C74H58BN3S. The van der Waals surface area contributed by atoms with Gasteiger partial charge in [-0.3, -0.25) is 0 Å². The Hall–Kier alpha value is -8.90. The van der Waals surface area contributed by atoms with E-state index in [-0.39, 0.29) is 12.1 Å². The van der Waals surface area contributed by atoms with Crippen LogP contribution in [-0.4, -0.2) is 11.3 Å². The number of aryl methyl sites for hydroxylation is 1. The van der Waals surface area contributed by atoms with Crippen LogP contribution in [-0.2, 0) is 11.8 Å². The molecule has 13 aromatic rings. The Kier molecular flexibility index (Phi) is 11.2. The SMILES string of the molecule is CCCCc1cc2sc3ccccc3c2cc1N1c2cc(-n3c4ccccc4c4ccccc43)ccc2B2c3cc(-c4ccccc4)ccc3N(c3c(-c4ccccc4)cccc3-c3ccccc3)c3cc(C(C)(C)C)cc1c32. The summed E-state index contributed by atoms with van der Waals surface area (Å²) in [5.74, 6) is 0. The molecule has 0 unspecified atom stereocenters. The zero-order valence-electron chi connectivity index (χ0n) is 45.0. The molecule has 3 nitrogen and oxygen atoms in total. The van der Waals surface area contributed by atoms with Crippen LogP contribution in [0.2, 0.25) is 0 Å². The second-order valence-electron chi connectivity index (χ2n) is 22.6. The lowest BCUT2D eigenvalue weighted by molar-refractivity contribution is 0.590. The second-order valence-corrected chi connectivity index (χ2v) is 23.7. The molecule has 0 amide bonds. The lowest BCUT2D eigenvalue weighted by Gasteiger charge is -2.46. The van der Waals surface area contributed by atoms with Gasteiger partial charge in [0.15, 0.2) is 0 Å². The summed E-state index contributed by atoms with van der Waals surface area (Å²) in [5.41, 5.74) is 24.4. The Morgan fingerprint density at radius 2 is 1.01 bits per heavy atom. The molecule has 0 aliphatic carbocycles. The molecule has 0 saturated heterocycles. The van der Waals surface area contributed by atoms with Crippen LogP contribution in [0.25, 0.3) is 81.0 Å². The zero-order valence-corrected chi connectivity index (χ0v) is 45.9. The quantitative estimate of drug-likeness (QED) is 0.134. The first-order valence-corrected chi connectivity index (χ1v) is 28.9. The Labute approximate surface area is 467 Å². The summed E-state index contributed by atoms with van der Waals surface area (Å²) < 4.78 is 5.16. The molecular weight excluding hydrogens is 974 g/mol. The van der Waals surface area contributed by atoms with Gasteiger partial charge in [0.25, 0.3) is 6.71 Å². The van der Waals surface area contributed by atoms with E-state index < -0.39 is 0 Å². The average Bonchev–Trinajstić information content (AvgIpc) is 4.20. The molecule has 0 atom stereocenters. The van der Waals surface area contributed by atoms with Gasteiger partial charge < -0.3 is 14.4 Å². The molecule has 5 heteroatoms. The van der Waals surface area contributed by atoms with Gasteiger partial charge in [0.1, 0.15) is 0 Å². The summed E-state index contributed by atoms with van der Waals surface area (Å²) in [7, 11) is 0. The predicted molar refractivity (Wildman–Crippen MR) is 341 cm³/mol. The predicted octanol–water partition coefficient (Wildman–Crippen LogP) is 18.9. The first-order chi connectivity index (χ1) is 38.8. The van der Waals surface area contributed by atoms with Crippen LogP contribution in [0.3, 0.4) is 0 Å². The highest BCUT2D eigenvalue weighted by atomic mass is 32.1. The number of anilines is 6. The van der Waals surface area contributed by atoms with Gasteiger partial charge in [-0.2, -0.15) is 0 Å². The second kappa shape index (κ2) is 18.6. The molecule has 0 bridgehead atoms. The van der Waals surface area contributed by atoms with Crippen LogP contribution < -0.4 is 26.2 Å². The summed E-state index contributed by atoms with van der Waals surface area (Å²) in [6.45, 7) is 9.37. The van der Waals surface area contributed by atoms with Gasteiger partial charge in [-0.05, 0) is 129 Å². The van der Waals surface area contributed by atoms with Gasteiger partial charge in [-0.15, -0.1) is 11.3 Å². The number of benzene rings is 11. The van der Waals surface area contributed by atoms with Gasteiger partial charge >= 0.3 is 0 Å². The van der Waals surface area contributed by atoms with E-state index in [4.69, 9.17) is 0 Å². The van der Waals surface area contributed by atoms with E-state index >= 15 is 0 Å². The van der Waals surface area contributed by atoms with Crippen LogP contribution in [0.15, 0.2) is 243 Å². The molecule has 0 fully saturated rings. The number of thiophene rings is 1. The molecule has 0 spiro atoms. The number of unbranched alkanes of at least 4 members (excludes halogenated alkanes) is 1. The minimum Gasteiger partial charge on any atom is -0.311 e. The van der Waals surface area contributed by atoms with Gasteiger partial charge in [0, 0.05) is 76.2 Å². The Morgan fingerprint density at radius 3 is 1.66 bits per heavy atom. The highest BCUT2D eigenvalue weighted by molar-refractivity contribution is 7.25. The number of hydrogen-bond acceptors (Lipinski definition) is 3. The summed E-state index contributed by atoms with van der Waals surface area (Å²) in [4.78, 5) is 5.39. The lowest BCUT2D eigenvalue weighted by atomic mass is 9.33. The maximum atomic E-state index is 2.72. The normalized spacial score (nSPS) is 12.9. The van der Waals surface area contributed by atoms with E-state index in [0.717, 1.165) is 24.9 Å². The van der Waals surface area contributed by atoms with Gasteiger partial charge in [0.2, 0.25) is 0 Å². The molecule has 4 heterocycles. The molecule has 0 N–H and O–H groups in total. The molecule has 2 aromatic heterocycles. The first-order valence-electron chi connectivity index (χ1n) is 28.1. The van der Waals surface area contributed by atoms with Crippen molar-refractivity contribution >= 4 is 111 Å². The number of hydrogen-bond donors (Lipinski definition) is 0. The minimum atomic E-state index is -0.208. The van der Waals surface area contributed by atoms with Crippen molar-refractivity contribution in [3.63, 3.8) is 0 Å². The fourth-order valence-corrected chi connectivity index (χ4v) is 14.3. The number of para-hydroxylation sites is 3. The number of nitrogens with zero attached hydrogens (tertiary/aromatic N) is 3. The number of fused-ring (bicyclic) bond motifs is 10. The largest absolute Gasteiger partial charge is 0.311 e. The lowest BCUT2D eigenvalue weighted by Crippen LogP contribution is -2.61. The van der Waals surface area contributed by atoms with E-state index in [1.165, 1.54) is 137 Å². The van der Waals surface area contributed by atoms with Crippen LogP contribution >= 0.6 is 11.3 Å². The summed E-state index contributed by atoms with van der Waals surface area (Å²) in [5, 5.41) is 5.14.